The van der Waals surface area contributed by atoms with Crippen LogP contribution in [0.1, 0.15) is 6.42 Å². The molecule has 0 N–H and O–H groups in total. The third-order valence-electron chi connectivity index (χ3n) is 0.747. The lowest BCUT2D eigenvalue weighted by molar-refractivity contribution is 0.186. The maximum Gasteiger partial charge on any atom is 0.115 e. The Morgan fingerprint density at radius 1 is 1.83 bits per heavy atom. The fraction of sp³-hybridized carbons (Fsp3) is 0.750. The molecule has 0 spiro atoms. The molecule has 0 saturated carbocycles. The van der Waals surface area contributed by atoms with E-state index in [2.05, 4.69) is 22.4 Å². The number of rotatable bonds is 0. The molecular formula is C4H6BrO. The molecule has 1 aliphatic heterocycles. The highest BCUT2D eigenvalue weighted by Gasteiger charge is 2.09. The van der Waals surface area contributed by atoms with Crippen LogP contribution in [0.3, 0.4) is 0 Å². The molecule has 0 aromatic heterocycles. The van der Waals surface area contributed by atoms with Crippen LogP contribution in [0.15, 0.2) is 0 Å². The number of alkyl halides is 1. The summed E-state index contributed by atoms with van der Waals surface area (Å²) in [6.45, 7) is 0.885. The molecule has 1 unspecified atom stereocenters. The minimum atomic E-state index is 0.234. The SMILES string of the molecule is BrC1[CH]CCO1. The molecule has 1 fully saturated rings. The maximum absolute atomic E-state index is 5.01. The third kappa shape index (κ3) is 0.949. The molecule has 1 heterocycles. The molecule has 1 saturated heterocycles. The third-order valence-corrected chi connectivity index (χ3v) is 1.39. The number of hydrogen-bond donors (Lipinski definition) is 0. The van der Waals surface area contributed by atoms with E-state index < -0.39 is 0 Å². The Hall–Kier alpha value is 0.440. The summed E-state index contributed by atoms with van der Waals surface area (Å²) in [5.41, 5.74) is 0. The van der Waals surface area contributed by atoms with Gasteiger partial charge in [0, 0.05) is 13.0 Å². The van der Waals surface area contributed by atoms with Crippen LogP contribution in [0.2, 0.25) is 0 Å². The molecule has 0 bridgehead atoms. The average molecular weight is 150 g/mol. The van der Waals surface area contributed by atoms with Gasteiger partial charge in [-0.3, -0.25) is 0 Å². The topological polar surface area (TPSA) is 9.23 Å². The minimum Gasteiger partial charge on any atom is -0.367 e. The van der Waals surface area contributed by atoms with E-state index >= 15 is 0 Å². The van der Waals surface area contributed by atoms with Crippen molar-refractivity contribution in [1.29, 1.82) is 0 Å². The molecule has 1 rings (SSSR count). The van der Waals surface area contributed by atoms with Gasteiger partial charge in [0.1, 0.15) is 5.01 Å². The standard InChI is InChI=1S/C4H6BrO/c5-4-2-1-3-6-4/h2,4H,1,3H2. The lowest BCUT2D eigenvalue weighted by atomic mass is 10.4. The zero-order chi connectivity index (χ0) is 4.41. The van der Waals surface area contributed by atoms with Crippen LogP contribution in [0.4, 0.5) is 0 Å². The Labute approximate surface area is 45.8 Å². The van der Waals surface area contributed by atoms with E-state index in [0.717, 1.165) is 13.0 Å². The van der Waals surface area contributed by atoms with Crippen LogP contribution < -0.4 is 0 Å². The fourth-order valence-electron chi connectivity index (χ4n) is 0.448. The van der Waals surface area contributed by atoms with Gasteiger partial charge in [0.25, 0.3) is 0 Å². The largest absolute Gasteiger partial charge is 0.367 e. The smallest absolute Gasteiger partial charge is 0.115 e. The van der Waals surface area contributed by atoms with Gasteiger partial charge in [0.2, 0.25) is 0 Å². The second-order valence-corrected chi connectivity index (χ2v) is 2.15. The molecule has 0 aromatic carbocycles. The van der Waals surface area contributed by atoms with Gasteiger partial charge in [-0.05, 0) is 6.42 Å². The molecule has 1 radical (unpaired) electrons. The van der Waals surface area contributed by atoms with Crippen LogP contribution in [-0.2, 0) is 4.74 Å². The van der Waals surface area contributed by atoms with Crippen LogP contribution >= 0.6 is 15.9 Å². The van der Waals surface area contributed by atoms with Gasteiger partial charge in [0.15, 0.2) is 0 Å². The second kappa shape index (κ2) is 1.94. The van der Waals surface area contributed by atoms with Crippen molar-refractivity contribution < 1.29 is 4.74 Å². The van der Waals surface area contributed by atoms with E-state index in [1.807, 2.05) is 0 Å². The monoisotopic (exact) mass is 149 g/mol. The molecule has 0 amide bonds. The number of ether oxygens (including phenoxy) is 1. The van der Waals surface area contributed by atoms with Crippen molar-refractivity contribution in [3.8, 4) is 0 Å². The number of hydrogen-bond acceptors (Lipinski definition) is 1. The van der Waals surface area contributed by atoms with Gasteiger partial charge in [-0.2, -0.15) is 0 Å². The first kappa shape index (κ1) is 4.60. The van der Waals surface area contributed by atoms with Gasteiger partial charge in [0.05, 0.1) is 0 Å². The maximum atomic E-state index is 5.01. The summed E-state index contributed by atoms with van der Waals surface area (Å²) in [6.07, 6.45) is 3.19. The first-order valence-corrected chi connectivity index (χ1v) is 2.90. The zero-order valence-corrected chi connectivity index (χ0v) is 4.94. The van der Waals surface area contributed by atoms with Crippen molar-refractivity contribution in [2.45, 2.75) is 11.4 Å². The minimum absolute atomic E-state index is 0.234. The molecule has 2 heteroatoms. The highest BCUT2D eigenvalue weighted by molar-refractivity contribution is 9.09. The molecule has 6 heavy (non-hydrogen) atoms. The van der Waals surface area contributed by atoms with E-state index in [9.17, 15) is 0 Å². The molecule has 1 atom stereocenters. The molecular weight excluding hydrogens is 144 g/mol. The fourth-order valence-corrected chi connectivity index (χ4v) is 0.899. The Morgan fingerprint density at radius 3 is 2.83 bits per heavy atom. The lowest BCUT2D eigenvalue weighted by Gasteiger charge is -1.91. The summed E-state index contributed by atoms with van der Waals surface area (Å²) in [5.74, 6) is 0. The van der Waals surface area contributed by atoms with Gasteiger partial charge in [-0.15, -0.1) is 0 Å². The summed E-state index contributed by atoms with van der Waals surface area (Å²) in [5, 5.41) is 0.234. The van der Waals surface area contributed by atoms with Crippen molar-refractivity contribution in [2.75, 3.05) is 6.61 Å². The van der Waals surface area contributed by atoms with Crippen molar-refractivity contribution in [1.82, 2.24) is 0 Å². The number of halogens is 1. The predicted octanol–water partition coefficient (Wildman–Crippen LogP) is 1.33. The van der Waals surface area contributed by atoms with E-state index in [-0.39, 0.29) is 5.01 Å². The van der Waals surface area contributed by atoms with E-state index in [1.165, 1.54) is 0 Å². The Kier molecular flexibility index (Phi) is 1.48. The first-order valence-electron chi connectivity index (χ1n) is 1.98. The van der Waals surface area contributed by atoms with Crippen molar-refractivity contribution in [3.63, 3.8) is 0 Å². The lowest BCUT2D eigenvalue weighted by Crippen LogP contribution is -1.89. The van der Waals surface area contributed by atoms with Crippen LogP contribution in [0.25, 0.3) is 0 Å². The van der Waals surface area contributed by atoms with E-state index in [0.29, 0.717) is 0 Å². The van der Waals surface area contributed by atoms with Gasteiger partial charge in [-0.1, -0.05) is 15.9 Å². The van der Waals surface area contributed by atoms with Crippen molar-refractivity contribution in [2.24, 2.45) is 0 Å². The second-order valence-electron chi connectivity index (χ2n) is 1.25. The van der Waals surface area contributed by atoms with Crippen LogP contribution in [-0.4, -0.2) is 11.6 Å². The van der Waals surface area contributed by atoms with Crippen LogP contribution in [0, 0.1) is 6.42 Å². The molecule has 1 aliphatic rings. The molecule has 1 nitrogen and oxygen atoms in total. The summed E-state index contributed by atoms with van der Waals surface area (Å²) in [6, 6.07) is 0. The van der Waals surface area contributed by atoms with Gasteiger partial charge >= 0.3 is 0 Å². The highest BCUT2D eigenvalue weighted by Crippen LogP contribution is 2.15. The molecule has 35 valence electrons. The summed E-state index contributed by atoms with van der Waals surface area (Å²) < 4.78 is 5.01. The molecule has 0 aromatic rings. The van der Waals surface area contributed by atoms with Crippen LogP contribution in [0.5, 0.6) is 0 Å². The normalized spacial score (nSPS) is 34.5. The highest BCUT2D eigenvalue weighted by atomic mass is 79.9. The Morgan fingerprint density at radius 2 is 2.67 bits per heavy atom. The summed E-state index contributed by atoms with van der Waals surface area (Å²) >= 11 is 3.26. The first-order chi connectivity index (χ1) is 2.89. The summed E-state index contributed by atoms with van der Waals surface area (Å²) in [7, 11) is 0. The van der Waals surface area contributed by atoms with Crippen molar-refractivity contribution in [3.05, 3.63) is 6.42 Å². The van der Waals surface area contributed by atoms with Gasteiger partial charge < -0.3 is 4.74 Å². The van der Waals surface area contributed by atoms with Crippen molar-refractivity contribution >= 4 is 15.9 Å². The Balaban J connectivity index is 2.18. The zero-order valence-electron chi connectivity index (χ0n) is 3.36. The summed E-state index contributed by atoms with van der Waals surface area (Å²) in [4.78, 5) is 0. The molecule has 0 aliphatic carbocycles. The predicted molar refractivity (Wildman–Crippen MR) is 27.6 cm³/mol. The van der Waals surface area contributed by atoms with E-state index in [4.69, 9.17) is 4.74 Å². The Bertz CT molecular complexity index is 40.8. The van der Waals surface area contributed by atoms with E-state index in [1.54, 1.807) is 0 Å². The average Bonchev–Trinajstić information content (AvgIpc) is 1.86. The van der Waals surface area contributed by atoms with Gasteiger partial charge in [-0.25, -0.2) is 0 Å². The quantitative estimate of drug-likeness (QED) is 0.473.